The lowest BCUT2D eigenvalue weighted by atomic mass is 9.79. The van der Waals surface area contributed by atoms with Crippen LogP contribution in [0.4, 0.5) is 18.0 Å². The molecule has 4 heterocycles. The molecule has 0 saturated carbocycles. The molecule has 3 amide bonds. The number of alkyl halides is 3. The maximum Gasteiger partial charge on any atom is 0.401 e. The van der Waals surface area contributed by atoms with Crippen LogP contribution in [0.5, 0.6) is 0 Å². The zero-order valence-electron chi connectivity index (χ0n) is 20.7. The molecule has 0 unspecified atom stereocenters. The van der Waals surface area contributed by atoms with E-state index >= 15 is 0 Å². The standard InChI is InChI=1S/C25H30F3N7O2/c1-15(2)25(22(29)36,34-14-24(26,27)28)18-8-17(11-30-12-18)20-13-32-21-19(20)7-16(9-31-21)10-33-23(37)35-5-3-4-6-35/h7-9,11-13,15,34H,3-6,10,14H2,1-2H3,(H2,29,36)(H,31,32)(H,33,37)/t25-/m1/s1. The number of aromatic amines is 1. The van der Waals surface area contributed by atoms with Gasteiger partial charge < -0.3 is 20.9 Å². The van der Waals surface area contributed by atoms with Crippen molar-refractivity contribution in [3.05, 3.63) is 48.0 Å². The Balaban J connectivity index is 1.66. The SMILES string of the molecule is CC(C)[C@](NCC(F)(F)F)(C(N)=O)c1cncc(-c2c[nH]c3ncc(CNC(=O)N4CCCC4)cc23)c1. The fourth-order valence-corrected chi connectivity index (χ4v) is 4.79. The number of nitrogens with zero attached hydrogens (tertiary/aromatic N) is 3. The summed E-state index contributed by atoms with van der Waals surface area (Å²) in [5, 5.41) is 6.00. The maximum atomic E-state index is 13.1. The second-order valence-corrected chi connectivity index (χ2v) is 9.55. The minimum atomic E-state index is -4.54. The summed E-state index contributed by atoms with van der Waals surface area (Å²) in [6, 6.07) is 3.38. The van der Waals surface area contributed by atoms with Gasteiger partial charge in [-0.05, 0) is 36.5 Å². The highest BCUT2D eigenvalue weighted by molar-refractivity contribution is 5.94. The van der Waals surface area contributed by atoms with E-state index in [1.807, 2.05) is 6.07 Å². The van der Waals surface area contributed by atoms with E-state index in [9.17, 15) is 22.8 Å². The van der Waals surface area contributed by atoms with E-state index in [4.69, 9.17) is 5.73 Å². The van der Waals surface area contributed by atoms with Gasteiger partial charge in [0.1, 0.15) is 11.2 Å². The molecule has 37 heavy (non-hydrogen) atoms. The summed E-state index contributed by atoms with van der Waals surface area (Å²) in [6.07, 6.45) is 3.76. The van der Waals surface area contributed by atoms with Crippen molar-refractivity contribution in [3.63, 3.8) is 0 Å². The van der Waals surface area contributed by atoms with E-state index in [2.05, 4.69) is 25.6 Å². The molecule has 1 saturated heterocycles. The number of halogens is 3. The monoisotopic (exact) mass is 517 g/mol. The van der Waals surface area contributed by atoms with Crippen molar-refractivity contribution >= 4 is 23.0 Å². The van der Waals surface area contributed by atoms with Crippen LogP contribution in [0.3, 0.4) is 0 Å². The number of nitrogens with one attached hydrogen (secondary N) is 3. The number of rotatable bonds is 8. The fourth-order valence-electron chi connectivity index (χ4n) is 4.79. The number of amides is 3. The van der Waals surface area contributed by atoms with Gasteiger partial charge in [0.2, 0.25) is 5.91 Å². The molecular weight excluding hydrogens is 487 g/mol. The molecule has 4 rings (SSSR count). The van der Waals surface area contributed by atoms with Gasteiger partial charge in [-0.3, -0.25) is 15.1 Å². The van der Waals surface area contributed by atoms with Gasteiger partial charge in [0, 0.05) is 66.5 Å². The molecular formula is C25H30F3N7O2. The van der Waals surface area contributed by atoms with Crippen molar-refractivity contribution in [2.24, 2.45) is 11.7 Å². The lowest BCUT2D eigenvalue weighted by molar-refractivity contribution is -0.139. The van der Waals surface area contributed by atoms with Gasteiger partial charge >= 0.3 is 12.2 Å². The normalized spacial score (nSPS) is 15.8. The van der Waals surface area contributed by atoms with Crippen molar-refractivity contribution in [2.75, 3.05) is 19.6 Å². The molecule has 9 nitrogen and oxygen atoms in total. The average molecular weight is 518 g/mol. The van der Waals surface area contributed by atoms with Gasteiger partial charge in [0.15, 0.2) is 0 Å². The molecule has 0 radical (unpaired) electrons. The molecule has 198 valence electrons. The van der Waals surface area contributed by atoms with E-state index in [0.717, 1.165) is 36.9 Å². The van der Waals surface area contributed by atoms with Crippen LogP contribution in [0, 0.1) is 5.92 Å². The second-order valence-electron chi connectivity index (χ2n) is 9.55. The van der Waals surface area contributed by atoms with Crippen LogP contribution in [0.1, 0.15) is 37.8 Å². The van der Waals surface area contributed by atoms with Crippen LogP contribution in [0.2, 0.25) is 0 Å². The summed E-state index contributed by atoms with van der Waals surface area (Å²) in [4.78, 5) is 38.4. The minimum Gasteiger partial charge on any atom is -0.368 e. The maximum absolute atomic E-state index is 13.1. The van der Waals surface area contributed by atoms with Crippen molar-refractivity contribution < 1.29 is 22.8 Å². The Bertz CT molecular complexity index is 1280. The number of primary amides is 1. The highest BCUT2D eigenvalue weighted by Gasteiger charge is 2.44. The topological polar surface area (TPSA) is 129 Å². The van der Waals surface area contributed by atoms with E-state index in [1.54, 1.807) is 43.4 Å². The van der Waals surface area contributed by atoms with Crippen molar-refractivity contribution in [1.82, 2.24) is 30.5 Å². The third-order valence-corrected chi connectivity index (χ3v) is 6.75. The molecule has 3 aromatic heterocycles. The summed E-state index contributed by atoms with van der Waals surface area (Å²) in [5.41, 5.74) is 6.76. The first-order valence-electron chi connectivity index (χ1n) is 12.1. The molecule has 0 aliphatic carbocycles. The zero-order chi connectivity index (χ0) is 26.8. The molecule has 1 fully saturated rings. The van der Waals surface area contributed by atoms with Crippen LogP contribution in [-0.4, -0.2) is 57.6 Å². The van der Waals surface area contributed by atoms with Crippen LogP contribution < -0.4 is 16.4 Å². The largest absolute Gasteiger partial charge is 0.401 e. The number of urea groups is 1. The summed E-state index contributed by atoms with van der Waals surface area (Å²) in [7, 11) is 0. The number of H-pyrrole nitrogens is 1. The van der Waals surface area contributed by atoms with Gasteiger partial charge in [0.05, 0.1) is 6.54 Å². The van der Waals surface area contributed by atoms with E-state index < -0.39 is 30.1 Å². The highest BCUT2D eigenvalue weighted by Crippen LogP contribution is 2.35. The summed E-state index contributed by atoms with van der Waals surface area (Å²) >= 11 is 0. The molecule has 1 atom stereocenters. The number of nitrogens with two attached hydrogens (primary N) is 1. The van der Waals surface area contributed by atoms with Crippen LogP contribution in [0.15, 0.2) is 36.9 Å². The van der Waals surface area contributed by atoms with Crippen LogP contribution in [-0.2, 0) is 16.9 Å². The Kier molecular flexibility index (Phi) is 7.39. The Labute approximate surface area is 212 Å². The Hall–Kier alpha value is -3.67. The molecule has 0 aromatic carbocycles. The fraction of sp³-hybridized carbons (Fsp3) is 0.440. The summed E-state index contributed by atoms with van der Waals surface area (Å²) in [5.74, 6) is -1.53. The number of fused-ring (bicyclic) bond motifs is 1. The van der Waals surface area contributed by atoms with Crippen molar-refractivity contribution in [2.45, 2.75) is 44.9 Å². The Morgan fingerprint density at radius 3 is 2.54 bits per heavy atom. The van der Waals surface area contributed by atoms with Crippen LogP contribution >= 0.6 is 0 Å². The molecule has 1 aliphatic rings. The first-order chi connectivity index (χ1) is 17.5. The lowest BCUT2D eigenvalue weighted by Gasteiger charge is -2.36. The second kappa shape index (κ2) is 10.4. The Morgan fingerprint density at radius 1 is 1.16 bits per heavy atom. The highest BCUT2D eigenvalue weighted by atomic mass is 19.4. The molecule has 0 spiro atoms. The first kappa shape index (κ1) is 26.4. The zero-order valence-corrected chi connectivity index (χ0v) is 20.7. The molecule has 5 N–H and O–H groups in total. The molecule has 0 bridgehead atoms. The van der Waals surface area contributed by atoms with E-state index in [1.165, 1.54) is 6.20 Å². The number of likely N-dealkylation sites (tertiary alicyclic amines) is 1. The molecule has 12 heteroatoms. The number of hydrogen-bond donors (Lipinski definition) is 4. The van der Waals surface area contributed by atoms with Crippen LogP contribution in [0.25, 0.3) is 22.2 Å². The average Bonchev–Trinajstić information content (AvgIpc) is 3.52. The van der Waals surface area contributed by atoms with Gasteiger partial charge in [-0.1, -0.05) is 13.8 Å². The number of aromatic nitrogens is 3. The van der Waals surface area contributed by atoms with Crippen molar-refractivity contribution in [3.8, 4) is 11.1 Å². The molecule has 3 aromatic rings. The summed E-state index contributed by atoms with van der Waals surface area (Å²) < 4.78 is 39.2. The van der Waals surface area contributed by atoms with Gasteiger partial charge in [-0.15, -0.1) is 0 Å². The van der Waals surface area contributed by atoms with Gasteiger partial charge in [-0.2, -0.15) is 13.2 Å². The summed E-state index contributed by atoms with van der Waals surface area (Å²) in [6.45, 7) is 3.64. The first-order valence-corrected chi connectivity index (χ1v) is 12.1. The van der Waals surface area contributed by atoms with Gasteiger partial charge in [-0.25, -0.2) is 9.78 Å². The minimum absolute atomic E-state index is 0.119. The predicted molar refractivity (Wildman–Crippen MR) is 132 cm³/mol. The number of hydrogen-bond acceptors (Lipinski definition) is 5. The number of carbonyl (C=O) groups is 2. The Morgan fingerprint density at radius 2 is 1.89 bits per heavy atom. The van der Waals surface area contributed by atoms with E-state index in [-0.39, 0.29) is 11.6 Å². The third-order valence-electron chi connectivity index (χ3n) is 6.75. The number of carbonyl (C=O) groups excluding carboxylic acids is 2. The number of pyridine rings is 2. The van der Waals surface area contributed by atoms with E-state index in [0.29, 0.717) is 23.3 Å². The van der Waals surface area contributed by atoms with Gasteiger partial charge in [0.25, 0.3) is 0 Å². The predicted octanol–water partition coefficient (Wildman–Crippen LogP) is 3.42. The third kappa shape index (κ3) is 5.53. The molecule has 1 aliphatic heterocycles. The quantitative estimate of drug-likeness (QED) is 0.364. The lowest BCUT2D eigenvalue weighted by Crippen LogP contribution is -2.58. The smallest absolute Gasteiger partial charge is 0.368 e. The van der Waals surface area contributed by atoms with Crippen molar-refractivity contribution in [1.29, 1.82) is 0 Å².